The molecule has 0 aliphatic heterocycles. The predicted molar refractivity (Wildman–Crippen MR) is 120 cm³/mol. The molecule has 0 fully saturated rings. The van der Waals surface area contributed by atoms with Gasteiger partial charge in [0.2, 0.25) is 0 Å². The van der Waals surface area contributed by atoms with Gasteiger partial charge >= 0.3 is 0 Å². The number of fused-ring (bicyclic) bond motifs is 1. The fraction of sp³-hybridized carbons (Fsp3) is 0.0833. The van der Waals surface area contributed by atoms with Gasteiger partial charge in [0.05, 0.1) is 6.21 Å². The second kappa shape index (κ2) is 9.29. The monoisotopic (exact) mass is 417 g/mol. The number of nitrogens with one attached hydrogen (secondary N) is 1. The molecule has 0 radical (unpaired) electrons. The number of hydrogen-bond donors (Lipinski definition) is 1. The molecule has 150 valence electrons. The molecule has 4 rings (SSSR count). The summed E-state index contributed by atoms with van der Waals surface area (Å²) in [4.78, 5) is 12.0. The molecule has 0 unspecified atom stereocenters. The fourth-order valence-electron chi connectivity index (χ4n) is 3.20. The number of hydrogen-bond acceptors (Lipinski definition) is 3. The lowest BCUT2D eigenvalue weighted by Gasteiger charge is -2.05. The van der Waals surface area contributed by atoms with Gasteiger partial charge in [0.1, 0.15) is 5.75 Å². The van der Waals surface area contributed by atoms with Crippen molar-refractivity contribution in [3.63, 3.8) is 0 Å². The Morgan fingerprint density at radius 3 is 2.67 bits per heavy atom. The number of nitrogens with zero attached hydrogens (tertiary/aromatic N) is 2. The average Bonchev–Trinajstić information content (AvgIpc) is 3.11. The Hall–Kier alpha value is -3.57. The molecule has 0 saturated carbocycles. The molecule has 1 aromatic heterocycles. The molecule has 0 saturated heterocycles. The number of carbonyl (C=O) groups excluding carboxylic acids is 1. The van der Waals surface area contributed by atoms with Gasteiger partial charge in [-0.25, -0.2) is 5.43 Å². The van der Waals surface area contributed by atoms with Gasteiger partial charge in [-0.05, 0) is 29.8 Å². The first kappa shape index (κ1) is 19.7. The lowest BCUT2D eigenvalue weighted by atomic mass is 10.2. The number of amides is 1. The molecule has 1 amide bonds. The highest BCUT2D eigenvalue weighted by atomic mass is 35.5. The number of hydrazone groups is 1. The Balaban J connectivity index is 1.43. The highest BCUT2D eigenvalue weighted by Crippen LogP contribution is 2.21. The summed E-state index contributed by atoms with van der Waals surface area (Å²) in [6, 6.07) is 25.3. The van der Waals surface area contributed by atoms with Gasteiger partial charge in [0.15, 0.2) is 6.61 Å². The maximum absolute atomic E-state index is 12.0. The molecule has 0 atom stereocenters. The molecule has 0 spiro atoms. The van der Waals surface area contributed by atoms with E-state index in [1.54, 1.807) is 30.5 Å². The molecular formula is C24H20ClN3O2. The van der Waals surface area contributed by atoms with Crippen LogP contribution in [0.1, 0.15) is 11.1 Å². The molecule has 1 heterocycles. The molecule has 0 aliphatic carbocycles. The summed E-state index contributed by atoms with van der Waals surface area (Å²) in [7, 11) is 0. The number of benzene rings is 3. The van der Waals surface area contributed by atoms with Gasteiger partial charge in [0.25, 0.3) is 5.91 Å². The summed E-state index contributed by atoms with van der Waals surface area (Å²) in [5.41, 5.74) is 5.76. The average molecular weight is 418 g/mol. The summed E-state index contributed by atoms with van der Waals surface area (Å²) in [6.45, 7) is 0.614. The van der Waals surface area contributed by atoms with Gasteiger partial charge in [-0.3, -0.25) is 4.79 Å². The molecule has 4 aromatic rings. The van der Waals surface area contributed by atoms with Crippen LogP contribution in [-0.4, -0.2) is 23.3 Å². The standard InChI is InChI=1S/C24H20ClN3O2/c25-20-9-6-10-21(13-20)30-17-24(29)27-26-14-19-16-28(15-18-7-2-1-3-8-18)23-12-5-4-11-22(19)23/h1-14,16H,15,17H2,(H,27,29). The van der Waals surface area contributed by atoms with Crippen molar-refractivity contribution >= 4 is 34.6 Å². The van der Waals surface area contributed by atoms with Crippen molar-refractivity contribution in [2.75, 3.05) is 6.61 Å². The van der Waals surface area contributed by atoms with Gasteiger partial charge < -0.3 is 9.30 Å². The Labute approximate surface area is 179 Å². The van der Waals surface area contributed by atoms with Crippen LogP contribution < -0.4 is 10.2 Å². The van der Waals surface area contributed by atoms with Crippen LogP contribution in [0.4, 0.5) is 0 Å². The van der Waals surface area contributed by atoms with E-state index in [1.807, 2.05) is 42.6 Å². The fourth-order valence-corrected chi connectivity index (χ4v) is 3.38. The van der Waals surface area contributed by atoms with Crippen LogP contribution in [0.2, 0.25) is 5.02 Å². The van der Waals surface area contributed by atoms with E-state index in [0.29, 0.717) is 10.8 Å². The lowest BCUT2D eigenvalue weighted by Crippen LogP contribution is -2.24. The van der Waals surface area contributed by atoms with Gasteiger partial charge in [-0.15, -0.1) is 0 Å². The van der Waals surface area contributed by atoms with Crippen LogP contribution in [0, 0.1) is 0 Å². The second-order valence-electron chi connectivity index (χ2n) is 6.75. The van der Waals surface area contributed by atoms with Gasteiger partial charge in [0, 0.05) is 34.2 Å². The van der Waals surface area contributed by atoms with Crippen LogP contribution in [0.25, 0.3) is 10.9 Å². The largest absolute Gasteiger partial charge is 0.484 e. The van der Waals surface area contributed by atoms with Crippen molar-refractivity contribution in [3.8, 4) is 5.75 Å². The predicted octanol–water partition coefficient (Wildman–Crippen LogP) is 4.87. The Morgan fingerprint density at radius 1 is 1.03 bits per heavy atom. The molecule has 1 N–H and O–H groups in total. The summed E-state index contributed by atoms with van der Waals surface area (Å²) in [6.07, 6.45) is 3.69. The van der Waals surface area contributed by atoms with E-state index in [2.05, 4.69) is 33.3 Å². The van der Waals surface area contributed by atoms with E-state index in [0.717, 1.165) is 23.0 Å². The van der Waals surface area contributed by atoms with Crippen molar-refractivity contribution in [3.05, 3.63) is 101 Å². The summed E-state index contributed by atoms with van der Waals surface area (Å²) < 4.78 is 7.59. The van der Waals surface area contributed by atoms with E-state index in [-0.39, 0.29) is 12.5 Å². The van der Waals surface area contributed by atoms with Crippen LogP contribution in [-0.2, 0) is 11.3 Å². The third-order valence-electron chi connectivity index (χ3n) is 4.57. The van der Waals surface area contributed by atoms with Crippen molar-refractivity contribution in [1.82, 2.24) is 9.99 Å². The highest BCUT2D eigenvalue weighted by Gasteiger charge is 2.07. The smallest absolute Gasteiger partial charge is 0.277 e. The minimum absolute atomic E-state index is 0.145. The number of ether oxygens (including phenoxy) is 1. The zero-order chi connectivity index (χ0) is 20.8. The van der Waals surface area contributed by atoms with E-state index in [9.17, 15) is 4.79 Å². The molecule has 3 aromatic carbocycles. The van der Waals surface area contributed by atoms with Gasteiger partial charge in [-0.1, -0.05) is 66.2 Å². The van der Waals surface area contributed by atoms with Crippen molar-refractivity contribution in [1.29, 1.82) is 0 Å². The van der Waals surface area contributed by atoms with Crippen molar-refractivity contribution in [2.24, 2.45) is 5.10 Å². The molecule has 6 heteroatoms. The number of para-hydroxylation sites is 1. The second-order valence-corrected chi connectivity index (χ2v) is 7.19. The van der Waals surface area contributed by atoms with E-state index in [4.69, 9.17) is 16.3 Å². The van der Waals surface area contributed by atoms with Crippen LogP contribution in [0.3, 0.4) is 0 Å². The Bertz CT molecular complexity index is 1190. The van der Waals surface area contributed by atoms with E-state index < -0.39 is 0 Å². The maximum Gasteiger partial charge on any atom is 0.277 e. The number of carbonyl (C=O) groups is 1. The zero-order valence-corrected chi connectivity index (χ0v) is 16.9. The first-order valence-corrected chi connectivity index (χ1v) is 9.89. The van der Waals surface area contributed by atoms with E-state index >= 15 is 0 Å². The number of halogens is 1. The minimum Gasteiger partial charge on any atom is -0.484 e. The summed E-state index contributed by atoms with van der Waals surface area (Å²) in [5, 5.41) is 5.72. The minimum atomic E-state index is -0.348. The Morgan fingerprint density at radius 2 is 1.83 bits per heavy atom. The SMILES string of the molecule is O=C(COc1cccc(Cl)c1)NN=Cc1cn(Cc2ccccc2)c2ccccc12. The summed E-state index contributed by atoms with van der Waals surface area (Å²) >= 11 is 5.91. The van der Waals surface area contributed by atoms with Crippen molar-refractivity contribution in [2.45, 2.75) is 6.54 Å². The van der Waals surface area contributed by atoms with Crippen molar-refractivity contribution < 1.29 is 9.53 Å². The van der Waals surface area contributed by atoms with Crippen LogP contribution in [0.5, 0.6) is 5.75 Å². The quantitative estimate of drug-likeness (QED) is 0.344. The normalized spacial score (nSPS) is 11.1. The lowest BCUT2D eigenvalue weighted by molar-refractivity contribution is -0.123. The Kier molecular flexibility index (Phi) is 6.11. The third-order valence-corrected chi connectivity index (χ3v) is 4.81. The highest BCUT2D eigenvalue weighted by molar-refractivity contribution is 6.30. The van der Waals surface area contributed by atoms with Gasteiger partial charge in [-0.2, -0.15) is 5.10 Å². The third kappa shape index (κ3) is 4.88. The molecular weight excluding hydrogens is 398 g/mol. The van der Waals surface area contributed by atoms with Crippen LogP contribution in [0.15, 0.2) is 90.2 Å². The topological polar surface area (TPSA) is 55.6 Å². The number of rotatable bonds is 7. The maximum atomic E-state index is 12.0. The van der Waals surface area contributed by atoms with Crippen LogP contribution >= 0.6 is 11.6 Å². The van der Waals surface area contributed by atoms with E-state index in [1.165, 1.54) is 5.56 Å². The molecule has 30 heavy (non-hydrogen) atoms. The first-order chi connectivity index (χ1) is 14.7. The molecule has 0 bridgehead atoms. The first-order valence-electron chi connectivity index (χ1n) is 9.51. The zero-order valence-electron chi connectivity index (χ0n) is 16.2. The number of aromatic nitrogens is 1. The molecule has 0 aliphatic rings. The summed E-state index contributed by atoms with van der Waals surface area (Å²) in [5.74, 6) is 0.185. The molecule has 5 nitrogen and oxygen atoms in total.